The first-order valence-electron chi connectivity index (χ1n) is 16.2. The molecule has 4 aromatic rings. The van der Waals surface area contributed by atoms with Crippen molar-refractivity contribution in [1.82, 2.24) is 41.4 Å². The van der Waals surface area contributed by atoms with Crippen LogP contribution in [0.1, 0.15) is 12.5 Å². The van der Waals surface area contributed by atoms with Crippen molar-refractivity contribution < 1.29 is 80.8 Å². The van der Waals surface area contributed by atoms with Gasteiger partial charge in [0.1, 0.15) is 36.6 Å². The minimum atomic E-state index is -4.73. The predicted molar refractivity (Wildman–Crippen MR) is 190 cm³/mol. The zero-order valence-corrected chi connectivity index (χ0v) is 32.7. The number of hydrogen-bond acceptors (Lipinski definition) is 19. The molecule has 2 aliphatic rings. The highest BCUT2D eigenvalue weighted by Gasteiger charge is 2.49. The second kappa shape index (κ2) is 18.0. The number of imidazole rings is 2. The van der Waals surface area contributed by atoms with Crippen LogP contribution in [-0.2, 0) is 55.5 Å². The molecule has 0 saturated carbocycles. The van der Waals surface area contributed by atoms with E-state index >= 15 is 0 Å². The van der Waals surface area contributed by atoms with Crippen LogP contribution in [0.15, 0.2) is 22.2 Å². The van der Waals surface area contributed by atoms with Gasteiger partial charge >= 0.3 is 26.9 Å². The van der Waals surface area contributed by atoms with E-state index in [0.717, 1.165) is 0 Å². The molecule has 6 heterocycles. The van der Waals surface area contributed by atoms with Gasteiger partial charge in [0.2, 0.25) is 23.5 Å². The number of phosphoric acid groups is 2. The minimum Gasteiger partial charge on any atom is -0.387 e. The number of aromatic amines is 2. The smallest absolute Gasteiger partial charge is 0.387 e. The Balaban J connectivity index is 0.00000360. The maximum absolute atomic E-state index is 12.4. The van der Waals surface area contributed by atoms with E-state index in [1.807, 2.05) is 0 Å². The lowest BCUT2D eigenvalue weighted by Crippen LogP contribution is -2.46. The Bertz CT molecular complexity index is 2100. The fourth-order valence-corrected chi connectivity index (χ4v) is 7.47. The van der Waals surface area contributed by atoms with Gasteiger partial charge in [0.15, 0.2) is 12.7 Å². The zero-order chi connectivity index (χ0) is 40.0. The Labute approximate surface area is 319 Å². The molecule has 0 bridgehead atoms. The normalized spacial score (nSPS) is 26.9. The largest absolute Gasteiger partial charge is 0.472 e. The number of fused-ring (bicyclic) bond motifs is 2. The summed E-state index contributed by atoms with van der Waals surface area (Å²) in [5.74, 6) is -0.397. The number of nitrogens with one attached hydrogen (secondary N) is 2. The van der Waals surface area contributed by atoms with Gasteiger partial charge in [-0.3, -0.25) is 46.8 Å². The molecule has 57 heavy (non-hydrogen) atoms. The second-order valence-electron chi connectivity index (χ2n) is 12.4. The summed E-state index contributed by atoms with van der Waals surface area (Å²) in [5, 5.41) is 42.3. The molecule has 0 radical (unpaired) electrons. The van der Waals surface area contributed by atoms with E-state index in [-0.39, 0.29) is 59.7 Å². The molecule has 2 aliphatic heterocycles. The molecule has 4 unspecified atom stereocenters. The van der Waals surface area contributed by atoms with Crippen LogP contribution < -0.4 is 44.0 Å². The van der Waals surface area contributed by atoms with Crippen molar-refractivity contribution >= 4 is 49.9 Å². The van der Waals surface area contributed by atoms with Gasteiger partial charge < -0.3 is 68.2 Å². The number of nitrogen functional groups attached to an aromatic ring is 2. The molecular weight excluding hydrogens is 814 g/mol. The van der Waals surface area contributed by atoms with Crippen LogP contribution in [0.4, 0.5) is 11.9 Å². The molecule has 2 fully saturated rings. The third-order valence-electron chi connectivity index (χ3n) is 8.57. The summed E-state index contributed by atoms with van der Waals surface area (Å²) in [6.07, 6.45) is -8.66. The Morgan fingerprint density at radius 3 is 1.44 bits per heavy atom. The topological polar surface area (TPSA) is 454 Å². The molecule has 29 nitrogen and oxygen atoms in total. The third kappa shape index (κ3) is 9.73. The number of anilines is 2. The molecule has 0 spiro atoms. The van der Waals surface area contributed by atoms with E-state index in [9.17, 15) is 48.9 Å². The standard InChI is InChI=1S/C26H38N10O17P2.2H3N/c1-33-9-35(19-13(33)21(41)31-25(27)29-19)23-17(39)15(37)11(52-23)7-50-54(43,44)48-5-3-47-4-6-49-55(45,46)51-8-12-16(38)18(40)24(53-12)36-10-34(2)14-20(36)30-26(28)32-22(14)42;;/h9-12,15-18,23-24,37-40H,3-8H2,1-2H3,(H6-2,27,28,29,30,31,32,41,42,43,44,45,46);2*1H3/p+4/t11-,12+,15?,16?,17+,18-,23-,24+;;. The molecule has 10 atom stereocenters. The zero-order valence-electron chi connectivity index (χ0n) is 30.9. The van der Waals surface area contributed by atoms with Crippen LogP contribution in [0.5, 0.6) is 0 Å². The number of nitrogens with two attached hydrogens (primary N) is 2. The SMILES string of the molecule is Cn1c[n+]([C@@H]2O[C@H](COP(=O)(O)OCCOCCOP(=O)(O)OC[C@@H]3O[C@H]([n+]4cn(C)c5c(=O)[nH]c(N)nc54)[C@H](O)C3O)C(O)[C@@H]2O)c2nc(N)[nH]c(=O)c21.[NH4+].[NH4+]. The first-order chi connectivity index (χ1) is 25.9. The molecule has 320 valence electrons. The van der Waals surface area contributed by atoms with E-state index in [4.69, 9.17) is 43.8 Å². The highest BCUT2D eigenvalue weighted by molar-refractivity contribution is 7.47. The van der Waals surface area contributed by atoms with Crippen LogP contribution in [0.3, 0.4) is 0 Å². The fourth-order valence-electron chi connectivity index (χ4n) is 6.04. The van der Waals surface area contributed by atoms with Crippen molar-refractivity contribution in [3.63, 3.8) is 0 Å². The molecular formula is C26H48N12O17P2+4. The summed E-state index contributed by atoms with van der Waals surface area (Å²) in [7, 11) is -6.39. The number of H-pyrrole nitrogens is 2. The molecule has 6 rings (SSSR count). The van der Waals surface area contributed by atoms with Crippen LogP contribution in [0, 0.1) is 0 Å². The first kappa shape index (κ1) is 45.9. The van der Waals surface area contributed by atoms with Gasteiger partial charge in [-0.1, -0.05) is 9.97 Å². The van der Waals surface area contributed by atoms with Crippen molar-refractivity contribution in [3.8, 4) is 0 Å². The number of aryl methyl sites for hydroxylation is 2. The number of aliphatic hydroxyl groups excluding tert-OH is 4. The van der Waals surface area contributed by atoms with Gasteiger partial charge in [0.25, 0.3) is 23.0 Å². The predicted octanol–water partition coefficient (Wildman–Crippen LogP) is -4.45. The summed E-state index contributed by atoms with van der Waals surface area (Å²) >= 11 is 0. The number of nitrogens with zero attached hydrogens (tertiary/aromatic N) is 6. The fraction of sp³-hybridized carbons (Fsp3) is 0.615. The van der Waals surface area contributed by atoms with Gasteiger partial charge in [-0.05, 0) is 0 Å². The molecule has 0 aromatic carbocycles. The number of ether oxygens (including phenoxy) is 3. The second-order valence-corrected chi connectivity index (χ2v) is 15.3. The lowest BCUT2D eigenvalue weighted by Gasteiger charge is -2.17. The Hall–Kier alpha value is -3.84. The van der Waals surface area contributed by atoms with Gasteiger partial charge in [-0.25, -0.2) is 18.3 Å². The van der Waals surface area contributed by atoms with E-state index in [0.29, 0.717) is 0 Å². The van der Waals surface area contributed by atoms with Gasteiger partial charge in [0.05, 0.1) is 53.7 Å². The minimum absolute atomic E-state index is 0. The average molecular weight is 863 g/mol. The van der Waals surface area contributed by atoms with Crippen molar-refractivity contribution in [2.45, 2.75) is 49.1 Å². The van der Waals surface area contributed by atoms with Crippen molar-refractivity contribution in [3.05, 3.63) is 33.4 Å². The average Bonchev–Trinajstić information content (AvgIpc) is 3.79. The molecule has 0 aliphatic carbocycles. The van der Waals surface area contributed by atoms with Crippen molar-refractivity contribution in [1.29, 1.82) is 0 Å². The molecule has 0 amide bonds. The van der Waals surface area contributed by atoms with Gasteiger partial charge in [-0.2, -0.15) is 0 Å². The summed E-state index contributed by atoms with van der Waals surface area (Å²) in [6.45, 7) is -2.96. The van der Waals surface area contributed by atoms with Crippen LogP contribution >= 0.6 is 15.6 Å². The van der Waals surface area contributed by atoms with Gasteiger partial charge in [-0.15, -0.1) is 0 Å². The van der Waals surface area contributed by atoms with E-state index in [1.54, 1.807) is 14.1 Å². The van der Waals surface area contributed by atoms with E-state index < -0.39 is 102 Å². The summed E-state index contributed by atoms with van der Waals surface area (Å²) in [5.41, 5.74) is 10.5. The Morgan fingerprint density at radius 1 is 0.702 bits per heavy atom. The number of aromatic nitrogens is 8. The molecule has 20 N–H and O–H groups in total. The highest BCUT2D eigenvalue weighted by Crippen LogP contribution is 2.45. The number of phosphoric ester groups is 2. The maximum atomic E-state index is 12.4. The molecule has 2 saturated heterocycles. The maximum Gasteiger partial charge on any atom is 0.472 e. The number of hydrogen-bond donors (Lipinski definition) is 12. The van der Waals surface area contributed by atoms with Crippen LogP contribution in [0.2, 0.25) is 0 Å². The lowest BCUT2D eigenvalue weighted by atomic mass is 10.1. The number of rotatable bonds is 16. The third-order valence-corrected chi connectivity index (χ3v) is 10.5. The van der Waals surface area contributed by atoms with Crippen LogP contribution in [0.25, 0.3) is 22.3 Å². The van der Waals surface area contributed by atoms with Crippen molar-refractivity contribution in [2.75, 3.05) is 51.1 Å². The first-order valence-corrected chi connectivity index (χ1v) is 19.2. The van der Waals surface area contributed by atoms with E-state index in [2.05, 4.69) is 19.9 Å². The summed E-state index contributed by atoms with van der Waals surface area (Å²) in [6, 6.07) is 0. The van der Waals surface area contributed by atoms with Crippen LogP contribution in [-0.4, -0.2) is 136 Å². The lowest BCUT2D eigenvalue weighted by molar-refractivity contribution is -0.746. The monoisotopic (exact) mass is 862 g/mol. The van der Waals surface area contributed by atoms with Gasteiger partial charge in [0, 0.05) is 0 Å². The quantitative estimate of drug-likeness (QED) is 0.0287. The van der Waals surface area contributed by atoms with Crippen molar-refractivity contribution in [2.24, 2.45) is 14.1 Å². The number of aliphatic hydroxyl groups is 4. The Kier molecular flexibility index (Phi) is 14.5. The molecule has 4 aromatic heterocycles. The summed E-state index contributed by atoms with van der Waals surface area (Å²) < 4.78 is 66.2. The highest BCUT2D eigenvalue weighted by atomic mass is 31.2. The summed E-state index contributed by atoms with van der Waals surface area (Å²) in [4.78, 5) is 57.6. The van der Waals surface area contributed by atoms with E-state index in [1.165, 1.54) is 30.9 Å². The molecule has 31 heteroatoms. The Morgan fingerprint density at radius 2 is 1.07 bits per heavy atom. The number of quaternary nitrogens is 2.